The smallest absolute Gasteiger partial charge is 0.104 e. The quantitative estimate of drug-likeness (QED) is 0.343. The van der Waals surface area contributed by atoms with Gasteiger partial charge in [0.15, 0.2) is 0 Å². The number of epoxide rings is 1. The third-order valence-corrected chi connectivity index (χ3v) is 4.55. The van der Waals surface area contributed by atoms with E-state index in [4.69, 9.17) is 14.2 Å². The maximum absolute atomic E-state index is 6.02. The van der Waals surface area contributed by atoms with Crippen LogP contribution in [0.5, 0.6) is 0 Å². The van der Waals surface area contributed by atoms with E-state index in [1.807, 2.05) is 0 Å². The summed E-state index contributed by atoms with van der Waals surface area (Å²) < 4.78 is 17.2. The fourth-order valence-corrected chi connectivity index (χ4v) is 2.75. The maximum Gasteiger partial charge on any atom is 0.104 e. The van der Waals surface area contributed by atoms with Crippen molar-refractivity contribution in [1.29, 1.82) is 0 Å². The van der Waals surface area contributed by atoms with E-state index in [1.54, 1.807) is 0 Å². The lowest BCUT2D eigenvalue weighted by Gasteiger charge is -2.35. The van der Waals surface area contributed by atoms with Crippen LogP contribution in [-0.2, 0) is 14.2 Å². The minimum atomic E-state index is -0.160. The fourth-order valence-electron chi connectivity index (χ4n) is 2.75. The van der Waals surface area contributed by atoms with E-state index in [0.29, 0.717) is 12.7 Å². The molecule has 3 atom stereocenters. The van der Waals surface area contributed by atoms with Gasteiger partial charge in [-0.3, -0.25) is 0 Å². The molecule has 21 heavy (non-hydrogen) atoms. The second-order valence-electron chi connectivity index (χ2n) is 6.55. The normalized spacial score (nSPS) is 22.0. The first kappa shape index (κ1) is 18.9. The van der Waals surface area contributed by atoms with Crippen LogP contribution in [0.4, 0.5) is 0 Å². The predicted molar refractivity (Wildman–Crippen MR) is 87.8 cm³/mol. The highest BCUT2D eigenvalue weighted by Crippen LogP contribution is 2.27. The van der Waals surface area contributed by atoms with Crippen LogP contribution in [-0.4, -0.2) is 37.6 Å². The summed E-state index contributed by atoms with van der Waals surface area (Å²) in [6.45, 7) is 11.0. The SMILES string of the molecule is CCCCCCCCCC(C)(OCC)C(C)OCC1CO1. The molecule has 3 unspecified atom stereocenters. The Hall–Kier alpha value is -0.120. The first-order chi connectivity index (χ1) is 10.1. The van der Waals surface area contributed by atoms with E-state index in [-0.39, 0.29) is 11.7 Å². The summed E-state index contributed by atoms with van der Waals surface area (Å²) in [7, 11) is 0. The average molecular weight is 300 g/mol. The predicted octanol–water partition coefficient (Wildman–Crippen LogP) is 4.73. The topological polar surface area (TPSA) is 31.0 Å². The van der Waals surface area contributed by atoms with Crippen molar-refractivity contribution < 1.29 is 14.2 Å². The summed E-state index contributed by atoms with van der Waals surface area (Å²) in [5, 5.41) is 0. The fraction of sp³-hybridized carbons (Fsp3) is 1.00. The van der Waals surface area contributed by atoms with Crippen LogP contribution in [0.2, 0.25) is 0 Å². The summed E-state index contributed by atoms with van der Waals surface area (Å²) in [6, 6.07) is 0. The van der Waals surface area contributed by atoms with E-state index in [0.717, 1.165) is 19.6 Å². The van der Waals surface area contributed by atoms with E-state index < -0.39 is 0 Å². The standard InChI is InChI=1S/C18H36O3/c1-5-7-8-9-10-11-12-13-18(4,21-6-2)16(3)19-14-17-15-20-17/h16-17H,5-15H2,1-4H3. The van der Waals surface area contributed by atoms with Crippen molar-refractivity contribution in [2.75, 3.05) is 19.8 Å². The van der Waals surface area contributed by atoms with Crippen LogP contribution in [0.3, 0.4) is 0 Å². The van der Waals surface area contributed by atoms with Crippen molar-refractivity contribution >= 4 is 0 Å². The zero-order valence-electron chi connectivity index (χ0n) is 14.7. The molecule has 0 spiro atoms. The number of rotatable bonds is 14. The molecule has 1 rings (SSSR count). The highest BCUT2D eigenvalue weighted by atomic mass is 16.6. The van der Waals surface area contributed by atoms with Crippen molar-refractivity contribution in [3.05, 3.63) is 0 Å². The highest BCUT2D eigenvalue weighted by molar-refractivity contribution is 4.83. The molecule has 1 aliphatic rings. The molecule has 0 aromatic rings. The molecule has 0 saturated carbocycles. The Balaban J connectivity index is 2.19. The molecule has 0 N–H and O–H groups in total. The zero-order chi connectivity index (χ0) is 15.6. The molecule has 0 aliphatic carbocycles. The van der Waals surface area contributed by atoms with Gasteiger partial charge in [-0.2, -0.15) is 0 Å². The molecule has 0 aromatic heterocycles. The first-order valence-corrected chi connectivity index (χ1v) is 8.99. The number of unbranched alkanes of at least 4 members (excludes halogenated alkanes) is 6. The Morgan fingerprint density at radius 1 is 1.10 bits per heavy atom. The zero-order valence-corrected chi connectivity index (χ0v) is 14.7. The molecule has 0 bridgehead atoms. The van der Waals surface area contributed by atoms with Gasteiger partial charge in [-0.1, -0.05) is 51.9 Å². The molecule has 1 fully saturated rings. The van der Waals surface area contributed by atoms with E-state index >= 15 is 0 Å². The van der Waals surface area contributed by atoms with Gasteiger partial charge in [-0.15, -0.1) is 0 Å². The van der Waals surface area contributed by atoms with Crippen LogP contribution in [0.25, 0.3) is 0 Å². The Kier molecular flexibility index (Phi) is 9.54. The lowest BCUT2D eigenvalue weighted by molar-refractivity contribution is -0.133. The molecule has 0 radical (unpaired) electrons. The van der Waals surface area contributed by atoms with Crippen LogP contribution in [0, 0.1) is 0 Å². The van der Waals surface area contributed by atoms with Crippen molar-refractivity contribution in [2.45, 2.75) is 96.9 Å². The van der Waals surface area contributed by atoms with Gasteiger partial charge in [0, 0.05) is 6.61 Å². The molecule has 126 valence electrons. The largest absolute Gasteiger partial charge is 0.373 e. The molecule has 0 amide bonds. The third-order valence-electron chi connectivity index (χ3n) is 4.55. The molecular weight excluding hydrogens is 264 g/mol. The second kappa shape index (κ2) is 10.6. The van der Waals surface area contributed by atoms with Gasteiger partial charge < -0.3 is 14.2 Å². The monoisotopic (exact) mass is 300 g/mol. The van der Waals surface area contributed by atoms with Gasteiger partial charge in [-0.25, -0.2) is 0 Å². The lowest BCUT2D eigenvalue weighted by Crippen LogP contribution is -2.42. The Labute approximate surface area is 131 Å². The van der Waals surface area contributed by atoms with Crippen LogP contribution in [0.1, 0.15) is 79.1 Å². The Bertz CT molecular complexity index is 253. The van der Waals surface area contributed by atoms with Crippen LogP contribution in [0.15, 0.2) is 0 Å². The molecular formula is C18H36O3. The van der Waals surface area contributed by atoms with Gasteiger partial charge in [0.25, 0.3) is 0 Å². The van der Waals surface area contributed by atoms with Gasteiger partial charge in [0.1, 0.15) is 6.10 Å². The average Bonchev–Trinajstić information content (AvgIpc) is 3.28. The summed E-state index contributed by atoms with van der Waals surface area (Å²) in [4.78, 5) is 0. The van der Waals surface area contributed by atoms with Crippen molar-refractivity contribution in [3.8, 4) is 0 Å². The summed E-state index contributed by atoms with van der Waals surface area (Å²) in [5.74, 6) is 0. The van der Waals surface area contributed by atoms with Gasteiger partial charge in [-0.05, 0) is 27.2 Å². The highest BCUT2D eigenvalue weighted by Gasteiger charge is 2.34. The minimum absolute atomic E-state index is 0.127. The van der Waals surface area contributed by atoms with Gasteiger partial charge in [0.05, 0.1) is 24.9 Å². The van der Waals surface area contributed by atoms with Gasteiger partial charge in [0.2, 0.25) is 0 Å². The van der Waals surface area contributed by atoms with Crippen molar-refractivity contribution in [2.24, 2.45) is 0 Å². The van der Waals surface area contributed by atoms with E-state index in [9.17, 15) is 0 Å². The Morgan fingerprint density at radius 2 is 1.71 bits per heavy atom. The van der Waals surface area contributed by atoms with Gasteiger partial charge >= 0.3 is 0 Å². The second-order valence-corrected chi connectivity index (χ2v) is 6.55. The molecule has 1 saturated heterocycles. The van der Waals surface area contributed by atoms with Crippen LogP contribution >= 0.6 is 0 Å². The molecule has 1 heterocycles. The summed E-state index contributed by atoms with van der Waals surface area (Å²) in [5.41, 5.74) is -0.160. The van der Waals surface area contributed by atoms with Crippen molar-refractivity contribution in [3.63, 3.8) is 0 Å². The molecule has 0 aromatic carbocycles. The number of hydrogen-bond donors (Lipinski definition) is 0. The molecule has 3 heteroatoms. The number of ether oxygens (including phenoxy) is 3. The molecule has 3 nitrogen and oxygen atoms in total. The minimum Gasteiger partial charge on any atom is -0.373 e. The number of hydrogen-bond acceptors (Lipinski definition) is 3. The Morgan fingerprint density at radius 3 is 2.29 bits per heavy atom. The van der Waals surface area contributed by atoms with E-state index in [2.05, 4.69) is 27.7 Å². The first-order valence-electron chi connectivity index (χ1n) is 8.99. The van der Waals surface area contributed by atoms with Crippen LogP contribution < -0.4 is 0 Å². The van der Waals surface area contributed by atoms with E-state index in [1.165, 1.54) is 44.9 Å². The van der Waals surface area contributed by atoms with Crippen molar-refractivity contribution in [1.82, 2.24) is 0 Å². The molecule has 1 aliphatic heterocycles. The maximum atomic E-state index is 6.02. The summed E-state index contributed by atoms with van der Waals surface area (Å²) >= 11 is 0. The lowest BCUT2D eigenvalue weighted by atomic mass is 9.92. The third kappa shape index (κ3) is 8.18. The summed E-state index contributed by atoms with van der Waals surface area (Å²) in [6.07, 6.45) is 10.9.